The summed E-state index contributed by atoms with van der Waals surface area (Å²) in [7, 11) is 0. The fraction of sp³-hybridized carbons (Fsp3) is 0.636. The summed E-state index contributed by atoms with van der Waals surface area (Å²) in [6, 6.07) is 0.609. The lowest BCUT2D eigenvalue weighted by molar-refractivity contribution is 0.154. The molecular weight excluding hydrogens is 204 g/mol. The summed E-state index contributed by atoms with van der Waals surface area (Å²) in [4.78, 5) is 8.11. The minimum atomic E-state index is 0.118. The Balaban J connectivity index is 1.51. The van der Waals surface area contributed by atoms with Crippen molar-refractivity contribution >= 4 is 0 Å². The maximum absolute atomic E-state index is 9.06. The molecule has 16 heavy (non-hydrogen) atoms. The van der Waals surface area contributed by atoms with Crippen LogP contribution in [0.2, 0.25) is 0 Å². The number of nitrogens with zero attached hydrogens (tertiary/aromatic N) is 2. The van der Waals surface area contributed by atoms with Gasteiger partial charge in [0.2, 0.25) is 0 Å². The lowest BCUT2D eigenvalue weighted by Gasteiger charge is -2.40. The maximum Gasteiger partial charge on any atom is 0.152 e. The smallest absolute Gasteiger partial charge is 0.152 e. The molecular formula is C11H16N4O. The van der Waals surface area contributed by atoms with E-state index in [4.69, 9.17) is 5.11 Å². The van der Waals surface area contributed by atoms with Crippen LogP contribution in [0.5, 0.6) is 5.75 Å². The maximum atomic E-state index is 9.06. The van der Waals surface area contributed by atoms with Gasteiger partial charge in [0.15, 0.2) is 5.75 Å². The fourth-order valence-electron chi connectivity index (χ4n) is 2.68. The quantitative estimate of drug-likeness (QED) is 0.662. The van der Waals surface area contributed by atoms with Crippen LogP contribution in [0.1, 0.15) is 12.2 Å². The number of hydrogen-bond acceptors (Lipinski definition) is 5. The Bertz CT molecular complexity index is 367. The van der Waals surface area contributed by atoms with E-state index in [9.17, 15) is 0 Å². The van der Waals surface area contributed by atoms with Crippen molar-refractivity contribution in [3.8, 4) is 5.75 Å². The van der Waals surface area contributed by atoms with Gasteiger partial charge in [-0.25, -0.2) is 9.97 Å². The molecule has 0 bridgehead atoms. The normalized spacial score (nSPS) is 32.1. The van der Waals surface area contributed by atoms with Gasteiger partial charge in [-0.2, -0.15) is 0 Å². The van der Waals surface area contributed by atoms with Gasteiger partial charge in [0.05, 0.1) is 18.9 Å². The summed E-state index contributed by atoms with van der Waals surface area (Å²) in [5, 5.41) is 16.0. The molecule has 2 aliphatic rings. The van der Waals surface area contributed by atoms with Crippen molar-refractivity contribution in [2.75, 3.05) is 13.1 Å². The molecule has 3 rings (SSSR count). The number of fused-ring (bicyclic) bond motifs is 1. The third-order valence-corrected chi connectivity index (χ3v) is 3.68. The molecule has 3 N–H and O–H groups in total. The van der Waals surface area contributed by atoms with E-state index in [0.717, 1.165) is 24.2 Å². The molecule has 0 aromatic carbocycles. The predicted octanol–water partition coefficient (Wildman–Crippen LogP) is -0.120. The van der Waals surface area contributed by atoms with E-state index in [0.29, 0.717) is 12.6 Å². The first-order chi connectivity index (χ1) is 7.83. The standard InChI is InChI=1S/C11H16N4O/c16-8-3-14-11(15-4-8)6-13-10-1-7-2-12-5-9(7)10/h3-4,7,9-10,12-13,16H,1-2,5-6H2/t7-,9+,10-/m1/s1. The Morgan fingerprint density at radius 1 is 1.38 bits per heavy atom. The van der Waals surface area contributed by atoms with Gasteiger partial charge in [0.25, 0.3) is 0 Å². The highest BCUT2D eigenvalue weighted by Crippen LogP contribution is 2.37. The van der Waals surface area contributed by atoms with E-state index >= 15 is 0 Å². The average Bonchev–Trinajstić information content (AvgIpc) is 2.63. The molecule has 1 saturated carbocycles. The van der Waals surface area contributed by atoms with Gasteiger partial charge in [-0.1, -0.05) is 0 Å². The topological polar surface area (TPSA) is 70.1 Å². The van der Waals surface area contributed by atoms with Crippen LogP contribution < -0.4 is 10.6 Å². The van der Waals surface area contributed by atoms with Gasteiger partial charge in [0, 0.05) is 6.04 Å². The number of aromatic nitrogens is 2. The van der Waals surface area contributed by atoms with E-state index in [1.54, 1.807) is 0 Å². The molecule has 1 aromatic rings. The van der Waals surface area contributed by atoms with E-state index < -0.39 is 0 Å². The lowest BCUT2D eigenvalue weighted by atomic mass is 9.71. The largest absolute Gasteiger partial charge is 0.505 e. The summed E-state index contributed by atoms with van der Waals surface area (Å²) in [6.07, 6.45) is 4.13. The highest BCUT2D eigenvalue weighted by molar-refractivity contribution is 5.09. The molecule has 0 radical (unpaired) electrons. The summed E-state index contributed by atoms with van der Waals surface area (Å²) in [5.41, 5.74) is 0. The first-order valence-electron chi connectivity index (χ1n) is 5.77. The van der Waals surface area contributed by atoms with Gasteiger partial charge >= 0.3 is 0 Å². The fourth-order valence-corrected chi connectivity index (χ4v) is 2.68. The molecule has 0 spiro atoms. The molecule has 1 aliphatic carbocycles. The van der Waals surface area contributed by atoms with Crippen LogP contribution in [-0.4, -0.2) is 34.2 Å². The Labute approximate surface area is 94.3 Å². The molecule has 2 fully saturated rings. The van der Waals surface area contributed by atoms with Gasteiger partial charge in [0.1, 0.15) is 5.82 Å². The van der Waals surface area contributed by atoms with E-state index in [1.807, 2.05) is 0 Å². The third kappa shape index (κ3) is 1.76. The molecule has 1 saturated heterocycles. The second-order valence-corrected chi connectivity index (χ2v) is 4.66. The van der Waals surface area contributed by atoms with Crippen molar-refractivity contribution in [2.45, 2.75) is 19.0 Å². The highest BCUT2D eigenvalue weighted by atomic mass is 16.3. The number of hydrogen-bond donors (Lipinski definition) is 3. The van der Waals surface area contributed by atoms with Crippen LogP contribution >= 0.6 is 0 Å². The zero-order valence-electron chi connectivity index (χ0n) is 9.06. The zero-order chi connectivity index (χ0) is 11.0. The summed E-state index contributed by atoms with van der Waals surface area (Å²) < 4.78 is 0. The van der Waals surface area contributed by atoms with Crippen molar-refractivity contribution in [1.82, 2.24) is 20.6 Å². The molecule has 86 valence electrons. The molecule has 0 amide bonds. The summed E-state index contributed by atoms with van der Waals surface area (Å²) >= 11 is 0. The van der Waals surface area contributed by atoms with Crippen LogP contribution in [0, 0.1) is 11.8 Å². The molecule has 3 atom stereocenters. The summed E-state index contributed by atoms with van der Waals surface area (Å²) in [5.74, 6) is 2.52. The highest BCUT2D eigenvalue weighted by Gasteiger charge is 2.43. The number of aromatic hydroxyl groups is 1. The second kappa shape index (κ2) is 3.99. The van der Waals surface area contributed by atoms with Gasteiger partial charge in [-0.05, 0) is 31.3 Å². The van der Waals surface area contributed by atoms with E-state index in [2.05, 4.69) is 20.6 Å². The molecule has 1 aliphatic heterocycles. The van der Waals surface area contributed by atoms with Gasteiger partial charge in [-0.3, -0.25) is 0 Å². The minimum Gasteiger partial charge on any atom is -0.505 e. The van der Waals surface area contributed by atoms with Crippen molar-refractivity contribution in [2.24, 2.45) is 11.8 Å². The van der Waals surface area contributed by atoms with E-state index in [1.165, 1.54) is 25.4 Å². The first kappa shape index (κ1) is 9.99. The average molecular weight is 220 g/mol. The molecule has 5 heteroatoms. The van der Waals surface area contributed by atoms with Crippen LogP contribution in [0.15, 0.2) is 12.4 Å². The van der Waals surface area contributed by atoms with Crippen molar-refractivity contribution < 1.29 is 5.11 Å². The van der Waals surface area contributed by atoms with Gasteiger partial charge < -0.3 is 15.7 Å². The Morgan fingerprint density at radius 2 is 2.19 bits per heavy atom. The van der Waals surface area contributed by atoms with Crippen molar-refractivity contribution in [3.63, 3.8) is 0 Å². The first-order valence-corrected chi connectivity index (χ1v) is 5.77. The monoisotopic (exact) mass is 220 g/mol. The van der Waals surface area contributed by atoms with Crippen LogP contribution in [0.4, 0.5) is 0 Å². The van der Waals surface area contributed by atoms with E-state index in [-0.39, 0.29) is 5.75 Å². The molecule has 5 nitrogen and oxygen atoms in total. The number of nitrogens with one attached hydrogen (secondary N) is 2. The molecule has 0 unspecified atom stereocenters. The molecule has 1 aromatic heterocycles. The zero-order valence-corrected chi connectivity index (χ0v) is 9.06. The Morgan fingerprint density at radius 3 is 2.94 bits per heavy atom. The molecule has 2 heterocycles. The van der Waals surface area contributed by atoms with Crippen LogP contribution in [0.3, 0.4) is 0 Å². The SMILES string of the molecule is Oc1cnc(CN[C@@H]2C[C@@H]3CNC[C@@H]32)nc1. The minimum absolute atomic E-state index is 0.118. The third-order valence-electron chi connectivity index (χ3n) is 3.68. The Kier molecular flexibility index (Phi) is 2.49. The van der Waals surface area contributed by atoms with Crippen molar-refractivity contribution in [1.29, 1.82) is 0 Å². The lowest BCUT2D eigenvalue weighted by Crippen LogP contribution is -2.49. The predicted molar refractivity (Wildman–Crippen MR) is 58.8 cm³/mol. The number of rotatable bonds is 3. The van der Waals surface area contributed by atoms with Crippen LogP contribution in [0.25, 0.3) is 0 Å². The summed E-state index contributed by atoms with van der Waals surface area (Å²) in [6.45, 7) is 3.01. The second-order valence-electron chi connectivity index (χ2n) is 4.66. The Hall–Kier alpha value is -1.20. The van der Waals surface area contributed by atoms with Crippen LogP contribution in [-0.2, 0) is 6.54 Å². The van der Waals surface area contributed by atoms with Crippen molar-refractivity contribution in [3.05, 3.63) is 18.2 Å². The van der Waals surface area contributed by atoms with Gasteiger partial charge in [-0.15, -0.1) is 0 Å².